The van der Waals surface area contributed by atoms with Crippen LogP contribution in [0.5, 0.6) is 5.75 Å². The first-order chi connectivity index (χ1) is 7.54. The molecular weight excluding hydrogens is 198 g/mol. The van der Waals surface area contributed by atoms with E-state index in [1.54, 1.807) is 0 Å². The van der Waals surface area contributed by atoms with E-state index in [0.717, 1.165) is 17.7 Å². The average molecular weight is 221 g/mol. The highest BCUT2D eigenvalue weighted by Crippen LogP contribution is 2.34. The van der Waals surface area contributed by atoms with Crippen LogP contribution in [0.2, 0.25) is 0 Å². The monoisotopic (exact) mass is 221 g/mol. The Hall–Kier alpha value is -1.02. The first kappa shape index (κ1) is 13.0. The van der Waals surface area contributed by atoms with Crippen molar-refractivity contribution >= 4 is 0 Å². The van der Waals surface area contributed by atoms with Gasteiger partial charge in [0.1, 0.15) is 5.75 Å². The molecule has 0 heterocycles. The van der Waals surface area contributed by atoms with E-state index in [2.05, 4.69) is 26.8 Å². The molecule has 0 aliphatic heterocycles. The third kappa shape index (κ3) is 2.56. The van der Waals surface area contributed by atoms with E-state index in [0.29, 0.717) is 12.5 Å². The summed E-state index contributed by atoms with van der Waals surface area (Å²) >= 11 is 0. The highest BCUT2D eigenvalue weighted by Gasteiger charge is 2.29. The Kier molecular flexibility index (Phi) is 4.36. The fraction of sp³-hybridized carbons (Fsp3) is 0.571. The number of para-hydroxylation sites is 1. The van der Waals surface area contributed by atoms with Crippen LogP contribution >= 0.6 is 0 Å². The van der Waals surface area contributed by atoms with Crippen molar-refractivity contribution in [3.05, 3.63) is 29.8 Å². The zero-order valence-corrected chi connectivity index (χ0v) is 10.8. The zero-order chi connectivity index (χ0) is 12.2. The molecule has 0 aromatic heterocycles. The van der Waals surface area contributed by atoms with Gasteiger partial charge in [0, 0.05) is 11.1 Å². The standard InChI is InChI=1S/C14H23NO/c1-5-11(3)14(4,15)12-9-7-8-10-13(12)16-6-2/h7-11H,5-6,15H2,1-4H3. The summed E-state index contributed by atoms with van der Waals surface area (Å²) < 4.78 is 5.64. The highest BCUT2D eigenvalue weighted by molar-refractivity contribution is 5.39. The lowest BCUT2D eigenvalue weighted by Crippen LogP contribution is -2.40. The molecule has 2 heteroatoms. The maximum atomic E-state index is 6.44. The highest BCUT2D eigenvalue weighted by atomic mass is 16.5. The van der Waals surface area contributed by atoms with Gasteiger partial charge < -0.3 is 10.5 Å². The molecule has 0 saturated carbocycles. The van der Waals surface area contributed by atoms with Gasteiger partial charge in [-0.3, -0.25) is 0 Å². The van der Waals surface area contributed by atoms with Gasteiger partial charge in [-0.2, -0.15) is 0 Å². The van der Waals surface area contributed by atoms with E-state index < -0.39 is 0 Å². The summed E-state index contributed by atoms with van der Waals surface area (Å²) in [6, 6.07) is 8.07. The molecule has 16 heavy (non-hydrogen) atoms. The van der Waals surface area contributed by atoms with Gasteiger partial charge in [0.25, 0.3) is 0 Å². The quantitative estimate of drug-likeness (QED) is 0.828. The van der Waals surface area contributed by atoms with Gasteiger partial charge in [0.15, 0.2) is 0 Å². The lowest BCUT2D eigenvalue weighted by molar-refractivity contribution is 0.285. The third-order valence-electron chi connectivity index (χ3n) is 3.40. The maximum Gasteiger partial charge on any atom is 0.124 e. The van der Waals surface area contributed by atoms with Crippen LogP contribution < -0.4 is 10.5 Å². The molecule has 0 bridgehead atoms. The second-order valence-corrected chi connectivity index (χ2v) is 4.52. The van der Waals surface area contributed by atoms with E-state index in [-0.39, 0.29) is 5.54 Å². The van der Waals surface area contributed by atoms with Crippen molar-refractivity contribution in [3.63, 3.8) is 0 Å². The predicted molar refractivity (Wildman–Crippen MR) is 68.6 cm³/mol. The summed E-state index contributed by atoms with van der Waals surface area (Å²) in [5.41, 5.74) is 7.21. The summed E-state index contributed by atoms with van der Waals surface area (Å²) in [4.78, 5) is 0. The van der Waals surface area contributed by atoms with Crippen LogP contribution in [0, 0.1) is 5.92 Å². The molecule has 2 atom stereocenters. The lowest BCUT2D eigenvalue weighted by atomic mass is 9.80. The van der Waals surface area contributed by atoms with E-state index in [1.807, 2.05) is 25.1 Å². The molecule has 0 amide bonds. The molecule has 0 aliphatic rings. The van der Waals surface area contributed by atoms with E-state index in [9.17, 15) is 0 Å². The van der Waals surface area contributed by atoms with E-state index >= 15 is 0 Å². The lowest BCUT2D eigenvalue weighted by Gasteiger charge is -2.33. The van der Waals surface area contributed by atoms with Crippen molar-refractivity contribution in [1.82, 2.24) is 0 Å². The number of ether oxygens (including phenoxy) is 1. The van der Waals surface area contributed by atoms with Crippen molar-refractivity contribution < 1.29 is 4.74 Å². The normalized spacial score (nSPS) is 16.6. The number of hydrogen-bond acceptors (Lipinski definition) is 2. The molecule has 90 valence electrons. The first-order valence-corrected chi connectivity index (χ1v) is 6.05. The van der Waals surface area contributed by atoms with Gasteiger partial charge >= 0.3 is 0 Å². The average Bonchev–Trinajstić information content (AvgIpc) is 2.29. The molecule has 1 rings (SSSR count). The third-order valence-corrected chi connectivity index (χ3v) is 3.40. The summed E-state index contributed by atoms with van der Waals surface area (Å²) in [6.07, 6.45) is 1.06. The van der Waals surface area contributed by atoms with Crippen LogP contribution in [0.3, 0.4) is 0 Å². The van der Waals surface area contributed by atoms with Crippen molar-refractivity contribution in [1.29, 1.82) is 0 Å². The van der Waals surface area contributed by atoms with Crippen molar-refractivity contribution in [2.45, 2.75) is 39.7 Å². The summed E-state index contributed by atoms with van der Waals surface area (Å²) in [7, 11) is 0. The fourth-order valence-electron chi connectivity index (χ4n) is 1.88. The Balaban J connectivity index is 3.10. The minimum absolute atomic E-state index is 0.333. The van der Waals surface area contributed by atoms with Crippen molar-refractivity contribution in [2.24, 2.45) is 11.7 Å². The minimum atomic E-state index is -0.333. The fourth-order valence-corrected chi connectivity index (χ4v) is 1.88. The number of hydrogen-bond donors (Lipinski definition) is 1. The summed E-state index contributed by atoms with van der Waals surface area (Å²) in [5.74, 6) is 1.34. The molecule has 0 radical (unpaired) electrons. The van der Waals surface area contributed by atoms with Crippen LogP contribution in [-0.4, -0.2) is 6.61 Å². The first-order valence-electron chi connectivity index (χ1n) is 6.05. The van der Waals surface area contributed by atoms with Gasteiger partial charge in [-0.05, 0) is 25.8 Å². The van der Waals surface area contributed by atoms with Crippen LogP contribution in [0.1, 0.15) is 39.7 Å². The van der Waals surface area contributed by atoms with E-state index in [1.165, 1.54) is 0 Å². The van der Waals surface area contributed by atoms with Crippen molar-refractivity contribution in [3.8, 4) is 5.75 Å². The SMILES string of the molecule is CCOc1ccccc1C(C)(N)C(C)CC. The number of nitrogens with two attached hydrogens (primary N) is 1. The van der Waals surface area contributed by atoms with Gasteiger partial charge in [-0.25, -0.2) is 0 Å². The van der Waals surface area contributed by atoms with Crippen molar-refractivity contribution in [2.75, 3.05) is 6.61 Å². The predicted octanol–water partition coefficient (Wildman–Crippen LogP) is 3.31. The van der Waals surface area contributed by atoms with Crippen LogP contribution in [-0.2, 0) is 5.54 Å². The van der Waals surface area contributed by atoms with Gasteiger partial charge in [-0.1, -0.05) is 38.5 Å². The Morgan fingerprint density at radius 1 is 1.31 bits per heavy atom. The molecule has 2 N–H and O–H groups in total. The van der Waals surface area contributed by atoms with Gasteiger partial charge in [0.05, 0.1) is 6.61 Å². The molecule has 1 aromatic rings. The molecule has 2 unspecified atom stereocenters. The largest absolute Gasteiger partial charge is 0.494 e. The van der Waals surface area contributed by atoms with Crippen LogP contribution in [0.25, 0.3) is 0 Å². The Labute approximate surface area is 98.8 Å². The molecule has 0 aliphatic carbocycles. The van der Waals surface area contributed by atoms with Gasteiger partial charge in [-0.15, -0.1) is 0 Å². The Bertz CT molecular complexity index is 333. The molecule has 1 aromatic carbocycles. The second-order valence-electron chi connectivity index (χ2n) is 4.52. The smallest absolute Gasteiger partial charge is 0.124 e. The topological polar surface area (TPSA) is 35.2 Å². The molecule has 0 saturated heterocycles. The molecule has 2 nitrogen and oxygen atoms in total. The summed E-state index contributed by atoms with van der Waals surface area (Å²) in [6.45, 7) is 9.10. The Morgan fingerprint density at radius 3 is 2.50 bits per heavy atom. The van der Waals surface area contributed by atoms with Crippen LogP contribution in [0.4, 0.5) is 0 Å². The summed E-state index contributed by atoms with van der Waals surface area (Å²) in [5, 5.41) is 0. The van der Waals surface area contributed by atoms with Crippen LogP contribution in [0.15, 0.2) is 24.3 Å². The molecule has 0 fully saturated rings. The van der Waals surface area contributed by atoms with E-state index in [4.69, 9.17) is 10.5 Å². The second kappa shape index (κ2) is 5.35. The zero-order valence-electron chi connectivity index (χ0n) is 10.8. The molecule has 0 spiro atoms. The minimum Gasteiger partial charge on any atom is -0.494 e. The number of rotatable bonds is 5. The maximum absolute atomic E-state index is 6.44. The Morgan fingerprint density at radius 2 is 1.94 bits per heavy atom. The molecular formula is C14H23NO. The van der Waals surface area contributed by atoms with Gasteiger partial charge in [0.2, 0.25) is 0 Å². The number of benzene rings is 1.